The van der Waals surface area contributed by atoms with Gasteiger partial charge in [-0.15, -0.1) is 0 Å². The lowest BCUT2D eigenvalue weighted by Crippen LogP contribution is -2.27. The maximum atomic E-state index is 2.50. The summed E-state index contributed by atoms with van der Waals surface area (Å²) in [6.07, 6.45) is 4.67. The van der Waals surface area contributed by atoms with Crippen molar-refractivity contribution in [1.82, 2.24) is 4.57 Å². The number of nitrogens with zero attached hydrogens (tertiary/aromatic N) is 1. The van der Waals surface area contributed by atoms with E-state index in [0.717, 1.165) is 0 Å². The Bertz CT molecular complexity index is 1370. The number of fused-ring (bicyclic) bond motifs is 10. The van der Waals surface area contributed by atoms with Crippen molar-refractivity contribution >= 4 is 0 Å². The molecular weight excluding hydrogens is 398 g/mol. The number of hydrogen-bond donors (Lipinski definition) is 0. The van der Waals surface area contributed by atoms with Gasteiger partial charge in [0, 0.05) is 25.0 Å². The molecule has 0 atom stereocenters. The van der Waals surface area contributed by atoms with E-state index in [4.69, 9.17) is 0 Å². The fourth-order valence-corrected chi connectivity index (χ4v) is 6.12. The van der Waals surface area contributed by atoms with Crippen molar-refractivity contribution in [3.8, 4) is 22.3 Å². The monoisotopic (exact) mass is 431 g/mol. The molecule has 166 valence electrons. The molecule has 0 fully saturated rings. The van der Waals surface area contributed by atoms with Gasteiger partial charge < -0.3 is 4.57 Å². The van der Waals surface area contributed by atoms with E-state index < -0.39 is 0 Å². The van der Waals surface area contributed by atoms with E-state index in [-0.39, 0.29) is 16.2 Å². The quantitative estimate of drug-likeness (QED) is 0.230. The average Bonchev–Trinajstić information content (AvgIpc) is 3.35. The molecule has 4 aromatic rings. The lowest BCUT2D eigenvalue weighted by atomic mass is 9.69. The molecule has 0 amide bonds. The van der Waals surface area contributed by atoms with Crippen molar-refractivity contribution in [2.45, 2.75) is 57.8 Å². The summed E-state index contributed by atoms with van der Waals surface area (Å²) in [5, 5.41) is 0. The molecule has 1 heterocycles. The molecule has 6 rings (SSSR count). The van der Waals surface area contributed by atoms with Crippen LogP contribution in [-0.4, -0.2) is 4.57 Å². The van der Waals surface area contributed by atoms with Crippen molar-refractivity contribution < 1.29 is 0 Å². The van der Waals surface area contributed by atoms with Crippen molar-refractivity contribution in [1.29, 1.82) is 0 Å². The van der Waals surface area contributed by atoms with Gasteiger partial charge in [0.2, 0.25) is 0 Å². The van der Waals surface area contributed by atoms with Crippen LogP contribution < -0.4 is 0 Å². The first-order valence-electron chi connectivity index (χ1n) is 12.1. The standard InChI is InChI=1S/C32H33N/c1-30(2,3)20-12-14-23-24-15-13-21(31(4,5)6)17-28(24)32(27(23)16-20)26-11-9-8-10-22(26)25-18-33(7)19-29(25)32/h8-19H,1-7H3. The van der Waals surface area contributed by atoms with Gasteiger partial charge in [-0.1, -0.05) is 102 Å². The second kappa shape index (κ2) is 6.29. The summed E-state index contributed by atoms with van der Waals surface area (Å²) in [4.78, 5) is 0. The molecule has 0 N–H and O–H groups in total. The van der Waals surface area contributed by atoms with Gasteiger partial charge in [0.25, 0.3) is 0 Å². The van der Waals surface area contributed by atoms with Crippen LogP contribution in [0.2, 0.25) is 0 Å². The van der Waals surface area contributed by atoms with Crippen LogP contribution in [0.4, 0.5) is 0 Å². The lowest BCUT2D eigenvalue weighted by molar-refractivity contribution is 0.586. The maximum absolute atomic E-state index is 2.50. The first-order valence-corrected chi connectivity index (χ1v) is 12.1. The molecule has 1 spiro atoms. The number of benzene rings is 3. The zero-order valence-electron chi connectivity index (χ0n) is 20.9. The van der Waals surface area contributed by atoms with Gasteiger partial charge >= 0.3 is 0 Å². The first-order chi connectivity index (χ1) is 15.5. The second-order valence-corrected chi connectivity index (χ2v) is 12.1. The normalized spacial score (nSPS) is 15.4. The summed E-state index contributed by atoms with van der Waals surface area (Å²) in [6.45, 7) is 13.9. The minimum absolute atomic E-state index is 0.0964. The summed E-state index contributed by atoms with van der Waals surface area (Å²) in [5.74, 6) is 0. The Kier molecular flexibility index (Phi) is 3.91. The minimum atomic E-state index is -0.264. The number of rotatable bonds is 0. The van der Waals surface area contributed by atoms with Crippen LogP contribution in [0.15, 0.2) is 73.1 Å². The van der Waals surface area contributed by atoms with Crippen LogP contribution in [0, 0.1) is 0 Å². The van der Waals surface area contributed by atoms with Crippen LogP contribution in [0.5, 0.6) is 0 Å². The highest BCUT2D eigenvalue weighted by Crippen LogP contribution is 2.63. The van der Waals surface area contributed by atoms with Gasteiger partial charge in [-0.25, -0.2) is 0 Å². The Balaban J connectivity index is 1.80. The molecule has 3 aromatic carbocycles. The van der Waals surface area contributed by atoms with Gasteiger partial charge in [0.05, 0.1) is 5.41 Å². The number of aryl methyl sites for hydroxylation is 1. The van der Waals surface area contributed by atoms with Crippen LogP contribution in [0.25, 0.3) is 22.3 Å². The molecule has 33 heavy (non-hydrogen) atoms. The van der Waals surface area contributed by atoms with Crippen molar-refractivity contribution in [3.63, 3.8) is 0 Å². The maximum Gasteiger partial charge on any atom is 0.0740 e. The third-order valence-electron chi connectivity index (χ3n) is 7.85. The van der Waals surface area contributed by atoms with Gasteiger partial charge in [-0.05, 0) is 60.9 Å². The molecule has 1 aromatic heterocycles. The zero-order valence-corrected chi connectivity index (χ0v) is 20.9. The Labute approximate surface area is 198 Å². The highest BCUT2D eigenvalue weighted by molar-refractivity contribution is 5.95. The fourth-order valence-electron chi connectivity index (χ4n) is 6.12. The predicted octanol–water partition coefficient (Wildman–Crippen LogP) is 7.96. The zero-order chi connectivity index (χ0) is 23.3. The molecule has 0 bridgehead atoms. The van der Waals surface area contributed by atoms with E-state index in [9.17, 15) is 0 Å². The molecular formula is C32H33N. The smallest absolute Gasteiger partial charge is 0.0740 e. The molecule has 0 saturated heterocycles. The Morgan fingerprint density at radius 1 is 0.545 bits per heavy atom. The summed E-state index contributed by atoms with van der Waals surface area (Å²) in [6, 6.07) is 23.5. The van der Waals surface area contributed by atoms with E-state index in [2.05, 4.69) is 126 Å². The summed E-state index contributed by atoms with van der Waals surface area (Å²) in [7, 11) is 2.16. The van der Waals surface area contributed by atoms with Crippen molar-refractivity contribution in [3.05, 3.63) is 106 Å². The summed E-state index contributed by atoms with van der Waals surface area (Å²) < 4.78 is 2.24. The Morgan fingerprint density at radius 2 is 1.06 bits per heavy atom. The van der Waals surface area contributed by atoms with Gasteiger partial charge in [-0.3, -0.25) is 0 Å². The number of hydrogen-bond acceptors (Lipinski definition) is 0. The third-order valence-corrected chi connectivity index (χ3v) is 7.85. The van der Waals surface area contributed by atoms with Crippen LogP contribution in [0.3, 0.4) is 0 Å². The van der Waals surface area contributed by atoms with E-state index in [1.807, 2.05) is 0 Å². The van der Waals surface area contributed by atoms with Gasteiger partial charge in [0.15, 0.2) is 0 Å². The minimum Gasteiger partial charge on any atom is -0.356 e. The SMILES string of the molecule is Cn1cc2c(c1)C1(c3ccccc3-2)c2cc(C(C)(C)C)ccc2-c2ccc(C(C)(C)C)cc21. The predicted molar refractivity (Wildman–Crippen MR) is 139 cm³/mol. The molecule has 2 aliphatic carbocycles. The lowest BCUT2D eigenvalue weighted by Gasteiger charge is -2.32. The van der Waals surface area contributed by atoms with Crippen molar-refractivity contribution in [2.24, 2.45) is 7.05 Å². The Hall–Kier alpha value is -3.06. The van der Waals surface area contributed by atoms with E-state index in [0.29, 0.717) is 0 Å². The molecule has 0 saturated carbocycles. The highest BCUT2D eigenvalue weighted by Gasteiger charge is 2.52. The summed E-state index contributed by atoms with van der Waals surface area (Å²) >= 11 is 0. The summed E-state index contributed by atoms with van der Waals surface area (Å²) in [5.41, 5.74) is 13.9. The van der Waals surface area contributed by atoms with Gasteiger partial charge in [-0.2, -0.15) is 0 Å². The molecule has 2 aliphatic rings. The van der Waals surface area contributed by atoms with Crippen LogP contribution in [0.1, 0.15) is 74.9 Å². The average molecular weight is 432 g/mol. The van der Waals surface area contributed by atoms with E-state index in [1.165, 1.54) is 55.6 Å². The molecule has 1 nitrogen and oxygen atoms in total. The molecule has 0 aliphatic heterocycles. The Morgan fingerprint density at radius 3 is 1.61 bits per heavy atom. The topological polar surface area (TPSA) is 4.93 Å². The first kappa shape index (κ1) is 20.5. The van der Waals surface area contributed by atoms with Crippen LogP contribution in [-0.2, 0) is 23.3 Å². The largest absolute Gasteiger partial charge is 0.356 e. The van der Waals surface area contributed by atoms with Crippen LogP contribution >= 0.6 is 0 Å². The second-order valence-electron chi connectivity index (χ2n) is 12.1. The number of aromatic nitrogens is 1. The van der Waals surface area contributed by atoms with Gasteiger partial charge in [0.1, 0.15) is 0 Å². The molecule has 1 heteroatoms. The third kappa shape index (κ3) is 2.60. The molecule has 0 radical (unpaired) electrons. The van der Waals surface area contributed by atoms with Crippen molar-refractivity contribution in [2.75, 3.05) is 0 Å². The fraction of sp³-hybridized carbons (Fsp3) is 0.312. The molecule has 0 unspecified atom stereocenters. The highest BCUT2D eigenvalue weighted by atomic mass is 14.9. The van der Waals surface area contributed by atoms with E-state index >= 15 is 0 Å². The van der Waals surface area contributed by atoms with E-state index in [1.54, 1.807) is 0 Å².